The van der Waals surface area contributed by atoms with E-state index in [9.17, 15) is 20.0 Å². The predicted octanol–water partition coefficient (Wildman–Crippen LogP) is 2.27. The highest BCUT2D eigenvalue weighted by molar-refractivity contribution is 5.93. The molecule has 3 atom stereocenters. The Bertz CT molecular complexity index is 1060. The van der Waals surface area contributed by atoms with Gasteiger partial charge >= 0.3 is 5.97 Å². The minimum atomic E-state index is -1.74. The Morgan fingerprint density at radius 1 is 1.42 bits per heavy atom. The topological polar surface area (TPSA) is 139 Å². The van der Waals surface area contributed by atoms with E-state index in [2.05, 4.69) is 21.5 Å². The van der Waals surface area contributed by atoms with Gasteiger partial charge in [0, 0.05) is 19.3 Å². The van der Waals surface area contributed by atoms with Crippen LogP contribution in [0.4, 0.5) is 5.82 Å². The Labute approximate surface area is 191 Å². The quantitative estimate of drug-likeness (QED) is 0.550. The van der Waals surface area contributed by atoms with Crippen molar-refractivity contribution in [1.82, 2.24) is 14.6 Å². The van der Waals surface area contributed by atoms with E-state index in [-0.39, 0.29) is 18.5 Å². The van der Waals surface area contributed by atoms with E-state index in [0.29, 0.717) is 35.8 Å². The summed E-state index contributed by atoms with van der Waals surface area (Å²) in [5, 5.41) is 27.7. The summed E-state index contributed by atoms with van der Waals surface area (Å²) >= 11 is 0. The first-order valence-corrected chi connectivity index (χ1v) is 11.4. The van der Waals surface area contributed by atoms with Crippen LogP contribution in [-0.2, 0) is 24.7 Å². The van der Waals surface area contributed by atoms with Crippen molar-refractivity contribution in [3.8, 4) is 6.07 Å². The molecule has 10 heteroatoms. The SMILES string of the molecule is CCCCC(=O)Nc1ncnn2c([C@]3(C#N)O[C@@H](COC(=O)CC4CCC4)[CH][C@H]3O)ccc12. The van der Waals surface area contributed by atoms with Crippen molar-refractivity contribution in [3.05, 3.63) is 30.6 Å². The van der Waals surface area contributed by atoms with E-state index in [1.54, 1.807) is 12.1 Å². The lowest BCUT2D eigenvalue weighted by Crippen LogP contribution is -2.37. The molecule has 1 aliphatic heterocycles. The number of amides is 1. The summed E-state index contributed by atoms with van der Waals surface area (Å²) in [5.41, 5.74) is -0.980. The fourth-order valence-corrected chi connectivity index (χ4v) is 4.15. The molecule has 0 bridgehead atoms. The van der Waals surface area contributed by atoms with Crippen LogP contribution < -0.4 is 5.32 Å². The van der Waals surface area contributed by atoms with E-state index >= 15 is 0 Å². The maximum absolute atomic E-state index is 12.2. The largest absolute Gasteiger partial charge is 0.463 e. The molecule has 2 aromatic heterocycles. The number of nitrogens with one attached hydrogen (secondary N) is 1. The molecule has 2 fully saturated rings. The number of aliphatic hydroxyl groups excluding tert-OH is 1. The molecular weight excluding hydrogens is 426 g/mol. The molecule has 10 nitrogen and oxygen atoms in total. The summed E-state index contributed by atoms with van der Waals surface area (Å²) < 4.78 is 12.7. The van der Waals surface area contributed by atoms with Gasteiger partial charge in [-0.15, -0.1) is 0 Å². The molecule has 33 heavy (non-hydrogen) atoms. The van der Waals surface area contributed by atoms with Crippen LogP contribution in [0, 0.1) is 23.7 Å². The first-order chi connectivity index (χ1) is 16.0. The zero-order valence-corrected chi connectivity index (χ0v) is 18.6. The van der Waals surface area contributed by atoms with E-state index in [0.717, 1.165) is 32.1 Å². The lowest BCUT2D eigenvalue weighted by atomic mass is 9.83. The highest BCUT2D eigenvalue weighted by Gasteiger charge is 2.52. The Morgan fingerprint density at radius 3 is 2.94 bits per heavy atom. The number of fused-ring (bicyclic) bond motifs is 1. The lowest BCUT2D eigenvalue weighted by molar-refractivity contribution is -0.150. The van der Waals surface area contributed by atoms with Gasteiger partial charge in [0.25, 0.3) is 0 Å². The van der Waals surface area contributed by atoms with Crippen LogP contribution >= 0.6 is 0 Å². The van der Waals surface area contributed by atoms with Crippen LogP contribution in [0.25, 0.3) is 5.52 Å². The summed E-state index contributed by atoms with van der Waals surface area (Å²) in [6.45, 7) is 1.92. The number of aromatic nitrogens is 3. The second-order valence-corrected chi connectivity index (χ2v) is 8.60. The van der Waals surface area contributed by atoms with Crippen molar-refractivity contribution >= 4 is 23.2 Å². The number of hydrogen-bond donors (Lipinski definition) is 2. The van der Waals surface area contributed by atoms with Crippen LogP contribution in [0.1, 0.15) is 57.6 Å². The van der Waals surface area contributed by atoms with E-state index in [1.165, 1.54) is 17.3 Å². The molecule has 0 unspecified atom stereocenters. The average Bonchev–Trinajstić information content (AvgIpc) is 3.35. The molecule has 0 spiro atoms. The molecular formula is C23H28N5O5. The van der Waals surface area contributed by atoms with Gasteiger partial charge in [0.1, 0.15) is 36.7 Å². The van der Waals surface area contributed by atoms with Gasteiger partial charge in [-0.25, -0.2) is 9.50 Å². The third-order valence-electron chi connectivity index (χ3n) is 6.25. The molecule has 2 N–H and O–H groups in total. The molecule has 1 saturated carbocycles. The second kappa shape index (κ2) is 9.85. The Balaban J connectivity index is 1.49. The van der Waals surface area contributed by atoms with Crippen LogP contribution in [-0.4, -0.2) is 50.4 Å². The molecule has 1 saturated heterocycles. The number of anilines is 1. The highest BCUT2D eigenvalue weighted by atomic mass is 16.6. The van der Waals surface area contributed by atoms with Crippen LogP contribution in [0.2, 0.25) is 0 Å². The second-order valence-electron chi connectivity index (χ2n) is 8.60. The minimum absolute atomic E-state index is 0.0803. The number of ether oxygens (including phenoxy) is 2. The molecule has 175 valence electrons. The lowest BCUT2D eigenvalue weighted by Gasteiger charge is -2.25. The number of carbonyl (C=O) groups is 2. The van der Waals surface area contributed by atoms with Gasteiger partial charge in [0.05, 0.1) is 5.69 Å². The number of unbranched alkanes of at least 4 members (excludes halogenated alkanes) is 1. The zero-order chi connectivity index (χ0) is 23.4. The van der Waals surface area contributed by atoms with Crippen molar-refractivity contribution in [1.29, 1.82) is 5.26 Å². The molecule has 1 aliphatic carbocycles. The number of nitriles is 1. The highest BCUT2D eigenvalue weighted by Crippen LogP contribution is 2.40. The zero-order valence-electron chi connectivity index (χ0n) is 18.6. The van der Waals surface area contributed by atoms with Gasteiger partial charge in [-0.05, 0) is 37.3 Å². The average molecular weight is 455 g/mol. The van der Waals surface area contributed by atoms with Gasteiger partial charge in [-0.1, -0.05) is 19.8 Å². The van der Waals surface area contributed by atoms with Crippen molar-refractivity contribution in [2.24, 2.45) is 5.92 Å². The van der Waals surface area contributed by atoms with Crippen molar-refractivity contribution in [2.75, 3.05) is 11.9 Å². The Hall–Kier alpha value is -3.03. The van der Waals surface area contributed by atoms with E-state index in [1.807, 2.05) is 6.92 Å². The molecule has 3 heterocycles. The van der Waals surface area contributed by atoms with Gasteiger partial charge in [0.2, 0.25) is 11.5 Å². The summed E-state index contributed by atoms with van der Waals surface area (Å²) in [5.74, 6) is 0.232. The van der Waals surface area contributed by atoms with Crippen LogP contribution in [0.15, 0.2) is 18.5 Å². The van der Waals surface area contributed by atoms with E-state index in [4.69, 9.17) is 9.47 Å². The van der Waals surface area contributed by atoms with Gasteiger partial charge in [-0.2, -0.15) is 10.4 Å². The van der Waals surface area contributed by atoms with Crippen LogP contribution in [0.3, 0.4) is 0 Å². The number of aliphatic hydroxyl groups is 1. The van der Waals surface area contributed by atoms with Gasteiger partial charge in [0.15, 0.2) is 5.82 Å². The predicted molar refractivity (Wildman–Crippen MR) is 117 cm³/mol. The first kappa shape index (κ1) is 23.1. The van der Waals surface area contributed by atoms with Crippen LogP contribution in [0.5, 0.6) is 0 Å². The fourth-order valence-electron chi connectivity index (χ4n) is 4.15. The molecule has 0 aromatic carbocycles. The molecule has 4 rings (SSSR count). The van der Waals surface area contributed by atoms with Gasteiger partial charge < -0.3 is 19.9 Å². The molecule has 1 radical (unpaired) electrons. The summed E-state index contributed by atoms with van der Waals surface area (Å²) in [6.07, 6.45) is 6.35. The normalized spacial score (nSPS) is 24.9. The summed E-state index contributed by atoms with van der Waals surface area (Å²) in [6, 6.07) is 5.33. The maximum Gasteiger partial charge on any atom is 0.306 e. The smallest absolute Gasteiger partial charge is 0.306 e. The Kier molecular flexibility index (Phi) is 6.91. The fraction of sp³-hybridized carbons (Fsp3) is 0.565. The number of rotatable bonds is 9. The number of hydrogen-bond acceptors (Lipinski definition) is 8. The third-order valence-corrected chi connectivity index (χ3v) is 6.25. The standard InChI is InChI=1S/C23H28N5O5/c1-2-3-7-20(30)27-22-17-8-9-18(28(17)26-14-25-22)23(13-24)19(29)11-16(33-23)12-32-21(31)10-15-5-4-6-15/h8-9,11,14-16,19,29H,2-7,10,12H2,1H3,(H,25,26,27,30)/t16-,19-,23+/m1/s1. The molecule has 1 amide bonds. The molecule has 2 aliphatic rings. The maximum atomic E-state index is 12.2. The Morgan fingerprint density at radius 2 is 2.24 bits per heavy atom. The first-order valence-electron chi connectivity index (χ1n) is 11.4. The van der Waals surface area contributed by atoms with Crippen molar-refractivity contribution < 1.29 is 24.2 Å². The molecule has 2 aromatic rings. The van der Waals surface area contributed by atoms with Crippen molar-refractivity contribution in [3.63, 3.8) is 0 Å². The third kappa shape index (κ3) is 4.70. The number of esters is 1. The number of carbonyl (C=O) groups excluding carboxylic acids is 2. The monoisotopic (exact) mass is 454 g/mol. The van der Waals surface area contributed by atoms with E-state index < -0.39 is 17.8 Å². The number of nitrogens with zero attached hydrogens (tertiary/aromatic N) is 4. The van der Waals surface area contributed by atoms with Crippen molar-refractivity contribution in [2.45, 2.75) is 69.7 Å². The minimum Gasteiger partial charge on any atom is -0.463 e. The van der Waals surface area contributed by atoms with Gasteiger partial charge in [-0.3, -0.25) is 9.59 Å². The summed E-state index contributed by atoms with van der Waals surface area (Å²) in [7, 11) is 0. The summed E-state index contributed by atoms with van der Waals surface area (Å²) in [4.78, 5) is 28.3.